The molecule has 1 heterocycles. The van der Waals surface area contributed by atoms with Crippen LogP contribution >= 0.6 is 23.2 Å². The molecule has 2 aromatic carbocycles. The largest absolute Gasteiger partial charge is 0.377 e. The van der Waals surface area contributed by atoms with Crippen molar-refractivity contribution in [1.29, 1.82) is 0 Å². The monoisotopic (exact) mass is 440 g/mol. The van der Waals surface area contributed by atoms with Crippen molar-refractivity contribution in [3.63, 3.8) is 0 Å². The molecule has 2 aromatic rings. The molecule has 2 atom stereocenters. The van der Waals surface area contributed by atoms with Gasteiger partial charge in [-0.25, -0.2) is 0 Å². The first kappa shape index (κ1) is 22.5. The highest BCUT2D eigenvalue weighted by Crippen LogP contribution is 2.40. The van der Waals surface area contributed by atoms with Gasteiger partial charge in [0.25, 0.3) is 0 Å². The Balaban J connectivity index is 1.88. The van der Waals surface area contributed by atoms with Gasteiger partial charge in [0.05, 0.1) is 52.9 Å². The lowest BCUT2D eigenvalue weighted by molar-refractivity contribution is -0.0970. The molecular weight excluding hydrogens is 415 g/mol. The van der Waals surface area contributed by atoms with Crippen molar-refractivity contribution in [2.45, 2.75) is 12.2 Å². The molecule has 5 nitrogen and oxygen atoms in total. The third kappa shape index (κ3) is 6.93. The van der Waals surface area contributed by atoms with Gasteiger partial charge in [0.15, 0.2) is 0 Å². The van der Waals surface area contributed by atoms with E-state index in [1.54, 1.807) is 0 Å². The third-order valence-electron chi connectivity index (χ3n) is 4.49. The fourth-order valence-corrected chi connectivity index (χ4v) is 3.59. The summed E-state index contributed by atoms with van der Waals surface area (Å²) in [6, 6.07) is 15.2. The molecule has 3 rings (SSSR count). The highest BCUT2D eigenvalue weighted by atomic mass is 35.5. The number of hydrogen-bond donors (Lipinski definition) is 0. The second kappa shape index (κ2) is 12.5. The maximum absolute atomic E-state index is 6.50. The van der Waals surface area contributed by atoms with E-state index in [0.29, 0.717) is 62.9 Å². The number of halogens is 2. The Labute approximate surface area is 181 Å². The Bertz CT molecular complexity index is 681. The molecule has 0 aromatic heterocycles. The van der Waals surface area contributed by atoms with E-state index in [1.807, 2.05) is 48.5 Å². The number of ether oxygens (including phenoxy) is 5. The summed E-state index contributed by atoms with van der Waals surface area (Å²) in [5.41, 5.74) is 1.68. The van der Waals surface area contributed by atoms with Crippen molar-refractivity contribution in [3.8, 4) is 0 Å². The summed E-state index contributed by atoms with van der Waals surface area (Å²) in [4.78, 5) is 0. The van der Waals surface area contributed by atoms with Crippen LogP contribution < -0.4 is 0 Å². The average Bonchev–Trinajstić information content (AvgIpc) is 2.74. The summed E-state index contributed by atoms with van der Waals surface area (Å²) < 4.78 is 29.1. The van der Waals surface area contributed by atoms with Crippen molar-refractivity contribution in [3.05, 3.63) is 69.7 Å². The Hall–Kier alpha value is -1.18. The zero-order valence-corrected chi connectivity index (χ0v) is 17.7. The topological polar surface area (TPSA) is 46.2 Å². The Kier molecular flexibility index (Phi) is 9.70. The Morgan fingerprint density at radius 3 is 1.24 bits per heavy atom. The normalized spacial score (nSPS) is 23.1. The van der Waals surface area contributed by atoms with Gasteiger partial charge in [0.2, 0.25) is 0 Å². The van der Waals surface area contributed by atoms with Crippen molar-refractivity contribution in [2.24, 2.45) is 0 Å². The van der Waals surface area contributed by atoms with Crippen LogP contribution in [0.3, 0.4) is 0 Å². The smallest absolute Gasteiger partial charge is 0.114 e. The molecule has 7 heteroatoms. The van der Waals surface area contributed by atoms with Gasteiger partial charge < -0.3 is 23.7 Å². The standard InChI is InChI=1S/C22H26Cl2O5/c23-19-7-3-1-5-17(19)21-22(18-6-2-4-8-20(18)24)29-16-14-27-12-10-25-9-11-26-13-15-28-21/h1-8,21-22H,9-16H2/t21-,22+. The predicted octanol–water partition coefficient (Wildman–Crippen LogP) is 4.87. The molecule has 1 aliphatic rings. The summed E-state index contributed by atoms with van der Waals surface area (Å²) in [6.45, 7) is 3.71. The molecule has 158 valence electrons. The van der Waals surface area contributed by atoms with E-state index >= 15 is 0 Å². The summed E-state index contributed by atoms with van der Waals surface area (Å²) in [7, 11) is 0. The van der Waals surface area contributed by atoms with Gasteiger partial charge in [-0.2, -0.15) is 0 Å². The van der Waals surface area contributed by atoms with E-state index in [9.17, 15) is 0 Å². The van der Waals surface area contributed by atoms with E-state index in [-0.39, 0.29) is 0 Å². The molecule has 1 fully saturated rings. The highest BCUT2D eigenvalue weighted by molar-refractivity contribution is 6.31. The first-order valence-electron chi connectivity index (χ1n) is 9.72. The summed E-state index contributed by atoms with van der Waals surface area (Å²) >= 11 is 13.0. The van der Waals surface area contributed by atoms with E-state index in [4.69, 9.17) is 46.9 Å². The summed E-state index contributed by atoms with van der Waals surface area (Å²) in [5, 5.41) is 1.23. The van der Waals surface area contributed by atoms with Crippen LogP contribution in [0.5, 0.6) is 0 Å². The van der Waals surface area contributed by atoms with Gasteiger partial charge in [-0.15, -0.1) is 0 Å². The van der Waals surface area contributed by atoms with E-state index in [1.165, 1.54) is 0 Å². The lowest BCUT2D eigenvalue weighted by atomic mass is 9.97. The molecule has 0 aliphatic carbocycles. The van der Waals surface area contributed by atoms with Crippen LogP contribution in [0.25, 0.3) is 0 Å². The van der Waals surface area contributed by atoms with Crippen LogP contribution in [0.15, 0.2) is 48.5 Å². The van der Waals surface area contributed by atoms with Gasteiger partial charge >= 0.3 is 0 Å². The molecule has 0 radical (unpaired) electrons. The molecule has 0 spiro atoms. The maximum atomic E-state index is 6.50. The van der Waals surface area contributed by atoms with E-state index in [0.717, 1.165) is 11.1 Å². The second-order valence-electron chi connectivity index (χ2n) is 6.46. The van der Waals surface area contributed by atoms with Crippen LogP contribution in [-0.2, 0) is 23.7 Å². The average molecular weight is 441 g/mol. The van der Waals surface area contributed by atoms with Crippen LogP contribution in [0.2, 0.25) is 10.0 Å². The fraction of sp³-hybridized carbons (Fsp3) is 0.455. The van der Waals surface area contributed by atoms with Crippen LogP contribution in [-0.4, -0.2) is 52.9 Å². The quantitative estimate of drug-likeness (QED) is 0.666. The van der Waals surface area contributed by atoms with E-state index in [2.05, 4.69) is 0 Å². The number of benzene rings is 2. The third-order valence-corrected chi connectivity index (χ3v) is 5.18. The predicted molar refractivity (Wildman–Crippen MR) is 113 cm³/mol. The molecule has 1 aliphatic heterocycles. The first-order chi connectivity index (χ1) is 14.3. The van der Waals surface area contributed by atoms with Crippen LogP contribution in [0.4, 0.5) is 0 Å². The minimum Gasteiger partial charge on any atom is -0.377 e. The maximum Gasteiger partial charge on any atom is 0.114 e. The van der Waals surface area contributed by atoms with Gasteiger partial charge in [-0.05, 0) is 12.1 Å². The molecule has 29 heavy (non-hydrogen) atoms. The zero-order valence-electron chi connectivity index (χ0n) is 16.2. The summed E-state index contributed by atoms with van der Waals surface area (Å²) in [6.07, 6.45) is -0.901. The number of hydrogen-bond acceptors (Lipinski definition) is 5. The first-order valence-corrected chi connectivity index (χ1v) is 10.5. The van der Waals surface area contributed by atoms with Crippen molar-refractivity contribution in [1.82, 2.24) is 0 Å². The Morgan fingerprint density at radius 1 is 0.517 bits per heavy atom. The Morgan fingerprint density at radius 2 is 0.862 bits per heavy atom. The lowest BCUT2D eigenvalue weighted by Gasteiger charge is -2.29. The SMILES string of the molecule is Clc1ccccc1[C@H]1OCCOCCOCCOCCO[C@H]1c1ccccc1Cl. The number of rotatable bonds is 2. The van der Waals surface area contributed by atoms with Crippen molar-refractivity contribution < 1.29 is 23.7 Å². The molecule has 0 N–H and O–H groups in total. The van der Waals surface area contributed by atoms with Gasteiger partial charge in [0, 0.05) is 21.2 Å². The molecule has 1 saturated heterocycles. The zero-order chi connectivity index (χ0) is 20.3. The van der Waals surface area contributed by atoms with Gasteiger partial charge in [-0.1, -0.05) is 59.6 Å². The van der Waals surface area contributed by atoms with E-state index < -0.39 is 12.2 Å². The molecule has 0 saturated carbocycles. The molecule has 0 bridgehead atoms. The second-order valence-corrected chi connectivity index (χ2v) is 7.28. The van der Waals surface area contributed by atoms with Crippen LogP contribution in [0, 0.1) is 0 Å². The summed E-state index contributed by atoms with van der Waals surface area (Å²) in [5.74, 6) is 0. The van der Waals surface area contributed by atoms with Crippen molar-refractivity contribution in [2.75, 3.05) is 52.9 Å². The van der Waals surface area contributed by atoms with Gasteiger partial charge in [-0.3, -0.25) is 0 Å². The molecular formula is C22H26Cl2O5. The minimum atomic E-state index is -0.450. The van der Waals surface area contributed by atoms with Crippen LogP contribution in [0.1, 0.15) is 23.3 Å². The molecule has 0 amide bonds. The van der Waals surface area contributed by atoms with Gasteiger partial charge in [0.1, 0.15) is 12.2 Å². The van der Waals surface area contributed by atoms with Crippen molar-refractivity contribution >= 4 is 23.2 Å². The highest BCUT2D eigenvalue weighted by Gasteiger charge is 2.30. The fourth-order valence-electron chi connectivity index (χ4n) is 3.10. The molecule has 0 unspecified atom stereocenters. The minimum absolute atomic E-state index is 0.386. The lowest BCUT2D eigenvalue weighted by Crippen LogP contribution is -2.22.